The summed E-state index contributed by atoms with van der Waals surface area (Å²) in [5.74, 6) is 0.211. The molecule has 5 nitrogen and oxygen atoms in total. The minimum atomic E-state index is -0.857. The molecule has 142 valence electrons. The number of fused-ring (bicyclic) bond motifs is 1. The quantitative estimate of drug-likeness (QED) is 0.674. The maximum atomic E-state index is 14.3. The highest BCUT2D eigenvalue weighted by Crippen LogP contribution is 2.29. The first-order valence-corrected chi connectivity index (χ1v) is 8.77. The van der Waals surface area contributed by atoms with Gasteiger partial charge in [0.15, 0.2) is 5.82 Å². The number of carbonyl (C=O) groups is 1. The number of aromatic nitrogens is 2. The lowest BCUT2D eigenvalue weighted by molar-refractivity contribution is -0.139. The molecule has 0 aliphatic rings. The van der Waals surface area contributed by atoms with Gasteiger partial charge in [-0.25, -0.2) is 9.37 Å². The van der Waals surface area contributed by atoms with Crippen molar-refractivity contribution in [1.82, 2.24) is 9.55 Å². The second-order valence-electron chi connectivity index (χ2n) is 7.48. The van der Waals surface area contributed by atoms with Crippen molar-refractivity contribution in [3.63, 3.8) is 0 Å². The van der Waals surface area contributed by atoms with E-state index in [-0.39, 0.29) is 12.2 Å². The van der Waals surface area contributed by atoms with Crippen LogP contribution < -0.4 is 4.74 Å². The number of imidazole rings is 1. The first kappa shape index (κ1) is 18.9. The molecule has 0 amide bonds. The van der Waals surface area contributed by atoms with Gasteiger partial charge in [0.25, 0.3) is 0 Å². The highest BCUT2D eigenvalue weighted by atomic mass is 19.1. The predicted octanol–water partition coefficient (Wildman–Crippen LogP) is 4.28. The van der Waals surface area contributed by atoms with Crippen molar-refractivity contribution >= 4 is 17.0 Å². The maximum Gasteiger partial charge on any atom is 0.303 e. The van der Waals surface area contributed by atoms with E-state index in [0.29, 0.717) is 29.8 Å². The van der Waals surface area contributed by atoms with Gasteiger partial charge in [0.05, 0.1) is 19.0 Å². The summed E-state index contributed by atoms with van der Waals surface area (Å²) in [5.41, 5.74) is 1.54. The van der Waals surface area contributed by atoms with Gasteiger partial charge in [-0.3, -0.25) is 4.79 Å². The molecule has 6 heteroatoms. The van der Waals surface area contributed by atoms with Gasteiger partial charge in [0.1, 0.15) is 17.1 Å². The third-order valence-electron chi connectivity index (χ3n) is 4.57. The van der Waals surface area contributed by atoms with E-state index < -0.39 is 11.4 Å². The molecular weight excluding hydrogens is 347 g/mol. The molecule has 0 spiro atoms. The van der Waals surface area contributed by atoms with Gasteiger partial charge < -0.3 is 14.4 Å². The molecular formula is C21H23FN2O3. The van der Waals surface area contributed by atoms with Crippen molar-refractivity contribution < 1.29 is 19.0 Å². The number of rotatable bonds is 7. The molecule has 3 aromatic rings. The third kappa shape index (κ3) is 4.27. The average Bonchev–Trinajstić information content (AvgIpc) is 2.92. The summed E-state index contributed by atoms with van der Waals surface area (Å²) < 4.78 is 21.4. The molecule has 2 aromatic carbocycles. The van der Waals surface area contributed by atoms with Crippen LogP contribution in [0, 0.1) is 11.2 Å². The monoisotopic (exact) mass is 370 g/mol. The number of carboxylic acids is 1. The maximum absolute atomic E-state index is 14.3. The lowest BCUT2D eigenvalue weighted by Crippen LogP contribution is -2.22. The molecule has 0 saturated heterocycles. The second kappa shape index (κ2) is 7.39. The Morgan fingerprint density at radius 3 is 2.56 bits per heavy atom. The first-order valence-electron chi connectivity index (χ1n) is 8.77. The molecule has 3 rings (SSSR count). The van der Waals surface area contributed by atoms with Crippen LogP contribution in [0.15, 0.2) is 42.5 Å². The fourth-order valence-electron chi connectivity index (χ4n) is 3.29. The predicted molar refractivity (Wildman–Crippen MR) is 102 cm³/mol. The zero-order valence-corrected chi connectivity index (χ0v) is 15.7. The summed E-state index contributed by atoms with van der Waals surface area (Å²) in [6.45, 7) is 4.28. The lowest BCUT2D eigenvalue weighted by Gasteiger charge is -2.22. The second-order valence-corrected chi connectivity index (χ2v) is 7.48. The number of benzene rings is 2. The topological polar surface area (TPSA) is 64.3 Å². The number of hydrogen-bond donors (Lipinski definition) is 1. The molecule has 27 heavy (non-hydrogen) atoms. The van der Waals surface area contributed by atoms with Crippen LogP contribution in [-0.4, -0.2) is 27.7 Å². The van der Waals surface area contributed by atoms with E-state index in [0.717, 1.165) is 11.3 Å². The van der Waals surface area contributed by atoms with Gasteiger partial charge in [-0.15, -0.1) is 0 Å². The number of ether oxygens (including phenoxy) is 1. The van der Waals surface area contributed by atoms with Gasteiger partial charge in [0.2, 0.25) is 0 Å². The standard InChI is InChI=1S/C21H23FN2O3/c1-21(2,12-19(25)26)11-18-23-20-16(22)5-4-6-17(20)24(18)13-14-7-9-15(27-3)10-8-14/h4-10H,11-13H2,1-3H3,(H,25,26). The van der Waals surface area contributed by atoms with Crippen LogP contribution in [0.25, 0.3) is 11.0 Å². The highest BCUT2D eigenvalue weighted by Gasteiger charge is 2.26. The number of carboxylic acid groups (broad SMARTS) is 1. The summed E-state index contributed by atoms with van der Waals surface area (Å²) in [6, 6.07) is 12.6. The van der Waals surface area contributed by atoms with Gasteiger partial charge in [-0.1, -0.05) is 32.0 Å². The molecule has 0 aliphatic heterocycles. The fourth-order valence-corrected chi connectivity index (χ4v) is 3.29. The van der Waals surface area contributed by atoms with Crippen molar-refractivity contribution in [2.75, 3.05) is 7.11 Å². The van der Waals surface area contributed by atoms with Crippen LogP contribution >= 0.6 is 0 Å². The molecule has 0 radical (unpaired) electrons. The zero-order valence-electron chi connectivity index (χ0n) is 15.7. The number of hydrogen-bond acceptors (Lipinski definition) is 3. The van der Waals surface area contributed by atoms with Crippen LogP contribution in [0.2, 0.25) is 0 Å². The largest absolute Gasteiger partial charge is 0.497 e. The van der Waals surface area contributed by atoms with E-state index in [4.69, 9.17) is 9.84 Å². The summed E-state index contributed by atoms with van der Waals surface area (Å²) in [5, 5.41) is 9.17. The normalized spacial score (nSPS) is 11.7. The molecule has 0 atom stereocenters. The van der Waals surface area contributed by atoms with E-state index in [1.165, 1.54) is 6.07 Å². The molecule has 1 aromatic heterocycles. The zero-order chi connectivity index (χ0) is 19.6. The van der Waals surface area contributed by atoms with Crippen molar-refractivity contribution in [2.45, 2.75) is 33.2 Å². The van der Waals surface area contributed by atoms with E-state index in [1.807, 2.05) is 48.7 Å². The van der Waals surface area contributed by atoms with E-state index in [2.05, 4.69) is 4.98 Å². The van der Waals surface area contributed by atoms with Crippen molar-refractivity contribution in [2.24, 2.45) is 5.41 Å². The molecule has 0 aliphatic carbocycles. The smallest absolute Gasteiger partial charge is 0.303 e. The first-order chi connectivity index (χ1) is 12.8. The minimum absolute atomic E-state index is 0.0151. The van der Waals surface area contributed by atoms with Crippen LogP contribution in [-0.2, 0) is 17.8 Å². The molecule has 1 N–H and O–H groups in total. The van der Waals surface area contributed by atoms with E-state index >= 15 is 0 Å². The Balaban J connectivity index is 2.02. The number of aliphatic carboxylic acids is 1. The van der Waals surface area contributed by atoms with Crippen LogP contribution in [0.3, 0.4) is 0 Å². The summed E-state index contributed by atoms with van der Waals surface area (Å²) >= 11 is 0. The van der Waals surface area contributed by atoms with Crippen LogP contribution in [0.1, 0.15) is 31.7 Å². The third-order valence-corrected chi connectivity index (χ3v) is 4.57. The van der Waals surface area contributed by atoms with Gasteiger partial charge in [-0.2, -0.15) is 0 Å². The number of methoxy groups -OCH3 is 1. The number of para-hydroxylation sites is 1. The van der Waals surface area contributed by atoms with Crippen molar-refractivity contribution in [3.8, 4) is 5.75 Å². The van der Waals surface area contributed by atoms with Crippen LogP contribution in [0.4, 0.5) is 4.39 Å². The molecule has 0 unspecified atom stereocenters. The average molecular weight is 370 g/mol. The molecule has 0 bridgehead atoms. The SMILES string of the molecule is COc1ccc(Cn2c(CC(C)(C)CC(=O)O)nc3c(F)cccc32)cc1. The Morgan fingerprint density at radius 1 is 1.22 bits per heavy atom. The summed E-state index contributed by atoms with van der Waals surface area (Å²) in [6.07, 6.45) is 0.449. The minimum Gasteiger partial charge on any atom is -0.497 e. The Morgan fingerprint density at radius 2 is 1.93 bits per heavy atom. The molecule has 1 heterocycles. The Bertz CT molecular complexity index is 961. The van der Waals surface area contributed by atoms with E-state index in [1.54, 1.807) is 13.2 Å². The Kier molecular flexibility index (Phi) is 5.17. The van der Waals surface area contributed by atoms with Gasteiger partial charge >= 0.3 is 5.97 Å². The molecule has 0 saturated carbocycles. The van der Waals surface area contributed by atoms with Crippen molar-refractivity contribution in [3.05, 3.63) is 59.7 Å². The van der Waals surface area contributed by atoms with Crippen molar-refractivity contribution in [1.29, 1.82) is 0 Å². The molecule has 0 fully saturated rings. The lowest BCUT2D eigenvalue weighted by atomic mass is 9.85. The van der Waals surface area contributed by atoms with E-state index in [9.17, 15) is 9.18 Å². The van der Waals surface area contributed by atoms with Crippen LogP contribution in [0.5, 0.6) is 5.75 Å². The Labute approximate surface area is 157 Å². The fraction of sp³-hybridized carbons (Fsp3) is 0.333. The Hall–Kier alpha value is -2.89. The number of halogens is 1. The van der Waals surface area contributed by atoms with Gasteiger partial charge in [-0.05, 0) is 35.2 Å². The van der Waals surface area contributed by atoms with Gasteiger partial charge in [0, 0.05) is 13.0 Å². The summed E-state index contributed by atoms with van der Waals surface area (Å²) in [4.78, 5) is 15.7. The highest BCUT2D eigenvalue weighted by molar-refractivity contribution is 5.77. The summed E-state index contributed by atoms with van der Waals surface area (Å²) in [7, 11) is 1.61. The number of nitrogens with zero attached hydrogens (tertiary/aromatic N) is 2.